The molecular formula is C24H27OP. The van der Waals surface area contributed by atoms with Gasteiger partial charge in [0.05, 0.1) is 0 Å². The molecule has 0 fully saturated rings. The summed E-state index contributed by atoms with van der Waals surface area (Å²) in [6.07, 6.45) is 0. The van der Waals surface area contributed by atoms with Crippen molar-refractivity contribution in [2.75, 3.05) is 0 Å². The summed E-state index contributed by atoms with van der Waals surface area (Å²) in [6, 6.07) is 30.9. The molecule has 0 bridgehead atoms. The molecule has 26 heavy (non-hydrogen) atoms. The summed E-state index contributed by atoms with van der Waals surface area (Å²) in [7, 11) is -2.66. The van der Waals surface area contributed by atoms with Crippen molar-refractivity contribution in [1.82, 2.24) is 0 Å². The average molecular weight is 362 g/mol. The van der Waals surface area contributed by atoms with Crippen LogP contribution in [0.1, 0.15) is 54.4 Å². The van der Waals surface area contributed by atoms with Crippen molar-refractivity contribution in [3.8, 4) is 0 Å². The van der Waals surface area contributed by atoms with Gasteiger partial charge in [0, 0.05) is 17.0 Å². The minimum atomic E-state index is -2.66. The summed E-state index contributed by atoms with van der Waals surface area (Å²) in [5.41, 5.74) is 3.45. The predicted octanol–water partition coefficient (Wildman–Crippen LogP) is 7.63. The van der Waals surface area contributed by atoms with E-state index >= 15 is 0 Å². The van der Waals surface area contributed by atoms with Gasteiger partial charge in [0.2, 0.25) is 0 Å². The second kappa shape index (κ2) is 8.06. The highest BCUT2D eigenvalue weighted by atomic mass is 31.2. The third-order valence-corrected chi connectivity index (χ3v) is 10.2. The SMILES string of the molecule is CC(c1ccccc1)P(=O)(C(C)c1ccccc1)C(C)c1ccccc1. The average Bonchev–Trinajstić information content (AvgIpc) is 2.73. The monoisotopic (exact) mass is 362 g/mol. The van der Waals surface area contributed by atoms with Gasteiger partial charge in [-0.15, -0.1) is 0 Å². The molecule has 0 spiro atoms. The van der Waals surface area contributed by atoms with E-state index in [4.69, 9.17) is 0 Å². The van der Waals surface area contributed by atoms with Crippen molar-refractivity contribution < 1.29 is 4.57 Å². The van der Waals surface area contributed by atoms with Crippen LogP contribution in [0.3, 0.4) is 0 Å². The first-order valence-corrected chi connectivity index (χ1v) is 11.2. The van der Waals surface area contributed by atoms with Crippen LogP contribution in [0.5, 0.6) is 0 Å². The van der Waals surface area contributed by atoms with E-state index in [2.05, 4.69) is 57.2 Å². The molecule has 0 aliphatic heterocycles. The number of hydrogen-bond donors (Lipinski definition) is 0. The predicted molar refractivity (Wildman–Crippen MR) is 112 cm³/mol. The molecule has 3 atom stereocenters. The molecule has 0 N–H and O–H groups in total. The fourth-order valence-corrected chi connectivity index (χ4v) is 7.83. The molecule has 3 aromatic carbocycles. The lowest BCUT2D eigenvalue weighted by Gasteiger charge is -2.36. The first kappa shape index (κ1) is 18.7. The lowest BCUT2D eigenvalue weighted by Crippen LogP contribution is -2.10. The lowest BCUT2D eigenvalue weighted by molar-refractivity contribution is 0.550. The number of rotatable bonds is 6. The fourth-order valence-electron chi connectivity index (χ4n) is 3.90. The van der Waals surface area contributed by atoms with Crippen LogP contribution in [-0.2, 0) is 4.57 Å². The smallest absolute Gasteiger partial charge is 0.108 e. The molecular weight excluding hydrogens is 335 g/mol. The Kier molecular flexibility index (Phi) is 5.79. The molecule has 0 saturated carbocycles. The van der Waals surface area contributed by atoms with E-state index in [-0.39, 0.29) is 17.0 Å². The van der Waals surface area contributed by atoms with Crippen molar-refractivity contribution in [3.63, 3.8) is 0 Å². The maximum Gasteiger partial charge on any atom is 0.108 e. The molecule has 0 heterocycles. The van der Waals surface area contributed by atoms with Crippen molar-refractivity contribution in [2.24, 2.45) is 0 Å². The normalized spacial score (nSPS) is 17.0. The third-order valence-electron chi connectivity index (χ3n) is 5.66. The maximum atomic E-state index is 14.7. The standard InChI is InChI=1S/C24H27OP/c1-19(22-13-7-4-8-14-22)26(25,20(2)23-15-9-5-10-16-23)21(3)24-17-11-6-12-18-24/h4-21H,1-3H3. The van der Waals surface area contributed by atoms with Gasteiger partial charge < -0.3 is 4.57 Å². The van der Waals surface area contributed by atoms with Crippen LogP contribution in [0.4, 0.5) is 0 Å². The van der Waals surface area contributed by atoms with Crippen molar-refractivity contribution in [3.05, 3.63) is 108 Å². The van der Waals surface area contributed by atoms with Crippen LogP contribution in [0.2, 0.25) is 0 Å². The highest BCUT2D eigenvalue weighted by Gasteiger charge is 2.42. The zero-order chi connectivity index (χ0) is 18.6. The van der Waals surface area contributed by atoms with Crippen LogP contribution in [0, 0.1) is 0 Å². The van der Waals surface area contributed by atoms with E-state index in [1.54, 1.807) is 0 Å². The van der Waals surface area contributed by atoms with Gasteiger partial charge in [0.1, 0.15) is 7.14 Å². The Morgan fingerprint density at radius 3 is 0.962 bits per heavy atom. The van der Waals surface area contributed by atoms with Crippen LogP contribution < -0.4 is 0 Å². The Hall–Kier alpha value is -2.11. The molecule has 0 aromatic heterocycles. The third kappa shape index (κ3) is 3.55. The van der Waals surface area contributed by atoms with Crippen LogP contribution >= 0.6 is 7.14 Å². The zero-order valence-electron chi connectivity index (χ0n) is 15.7. The number of benzene rings is 3. The second-order valence-corrected chi connectivity index (χ2v) is 10.9. The first-order chi connectivity index (χ1) is 12.5. The fraction of sp³-hybridized carbons (Fsp3) is 0.250. The summed E-state index contributed by atoms with van der Waals surface area (Å²) in [4.78, 5) is 0. The lowest BCUT2D eigenvalue weighted by atomic mass is 10.1. The zero-order valence-corrected chi connectivity index (χ0v) is 16.6. The van der Waals surface area contributed by atoms with Crippen molar-refractivity contribution in [2.45, 2.75) is 37.7 Å². The summed E-state index contributed by atoms with van der Waals surface area (Å²) >= 11 is 0. The summed E-state index contributed by atoms with van der Waals surface area (Å²) in [6.45, 7) is 6.40. The van der Waals surface area contributed by atoms with Gasteiger partial charge in [-0.05, 0) is 16.7 Å². The van der Waals surface area contributed by atoms with Gasteiger partial charge in [-0.2, -0.15) is 0 Å². The van der Waals surface area contributed by atoms with E-state index in [1.807, 2.05) is 54.6 Å². The van der Waals surface area contributed by atoms with Gasteiger partial charge in [-0.3, -0.25) is 0 Å². The van der Waals surface area contributed by atoms with E-state index in [0.29, 0.717) is 0 Å². The minimum Gasteiger partial charge on any atom is -0.322 e. The topological polar surface area (TPSA) is 17.1 Å². The maximum absolute atomic E-state index is 14.7. The Labute approximate surface area is 157 Å². The molecule has 134 valence electrons. The summed E-state index contributed by atoms with van der Waals surface area (Å²) in [5.74, 6) is 0. The van der Waals surface area contributed by atoms with E-state index in [0.717, 1.165) is 16.7 Å². The van der Waals surface area contributed by atoms with Gasteiger partial charge in [0.15, 0.2) is 0 Å². The van der Waals surface area contributed by atoms with E-state index in [1.165, 1.54) is 0 Å². The summed E-state index contributed by atoms with van der Waals surface area (Å²) < 4.78 is 14.7. The molecule has 0 aliphatic rings. The Balaban J connectivity index is 2.11. The largest absolute Gasteiger partial charge is 0.322 e. The van der Waals surface area contributed by atoms with Gasteiger partial charge in [-0.25, -0.2) is 0 Å². The molecule has 0 amide bonds. The molecule has 3 rings (SSSR count). The van der Waals surface area contributed by atoms with Gasteiger partial charge >= 0.3 is 0 Å². The molecule has 3 unspecified atom stereocenters. The highest BCUT2D eigenvalue weighted by Crippen LogP contribution is 2.76. The van der Waals surface area contributed by atoms with E-state index < -0.39 is 7.14 Å². The Bertz CT molecular complexity index is 741. The minimum absolute atomic E-state index is 0.00545. The second-order valence-electron chi connectivity index (χ2n) is 7.02. The highest BCUT2D eigenvalue weighted by molar-refractivity contribution is 7.64. The molecule has 0 saturated heterocycles. The van der Waals surface area contributed by atoms with Gasteiger partial charge in [-0.1, -0.05) is 112 Å². The molecule has 0 radical (unpaired) electrons. The van der Waals surface area contributed by atoms with E-state index in [9.17, 15) is 4.57 Å². The number of hydrogen-bond acceptors (Lipinski definition) is 1. The van der Waals surface area contributed by atoms with Gasteiger partial charge in [0.25, 0.3) is 0 Å². The van der Waals surface area contributed by atoms with Crippen LogP contribution in [-0.4, -0.2) is 0 Å². The molecule has 1 nitrogen and oxygen atoms in total. The Morgan fingerprint density at radius 1 is 0.500 bits per heavy atom. The van der Waals surface area contributed by atoms with Crippen LogP contribution in [0.15, 0.2) is 91.0 Å². The molecule has 2 heteroatoms. The van der Waals surface area contributed by atoms with Crippen molar-refractivity contribution in [1.29, 1.82) is 0 Å². The molecule has 3 aromatic rings. The Morgan fingerprint density at radius 2 is 0.731 bits per heavy atom. The quantitative estimate of drug-likeness (QED) is 0.412. The molecule has 0 aliphatic carbocycles. The summed E-state index contributed by atoms with van der Waals surface area (Å²) in [5, 5.41) is 0. The van der Waals surface area contributed by atoms with Crippen LogP contribution in [0.25, 0.3) is 0 Å². The first-order valence-electron chi connectivity index (χ1n) is 9.29. The van der Waals surface area contributed by atoms with Crippen molar-refractivity contribution >= 4 is 7.14 Å².